The Hall–Kier alpha value is -0.570. The van der Waals surface area contributed by atoms with Crippen molar-refractivity contribution < 1.29 is 4.79 Å². The van der Waals surface area contributed by atoms with E-state index in [9.17, 15) is 4.79 Å². The van der Waals surface area contributed by atoms with Crippen LogP contribution < -0.4 is 5.32 Å². The molecule has 20 heavy (non-hydrogen) atoms. The molecule has 0 aromatic carbocycles. The van der Waals surface area contributed by atoms with Gasteiger partial charge in [0.1, 0.15) is 0 Å². The van der Waals surface area contributed by atoms with Crippen molar-refractivity contribution in [2.24, 2.45) is 23.7 Å². The van der Waals surface area contributed by atoms with Gasteiger partial charge in [-0.1, -0.05) is 0 Å². The zero-order chi connectivity index (χ0) is 13.7. The molecule has 1 N–H and O–H groups in total. The van der Waals surface area contributed by atoms with Crippen LogP contribution >= 0.6 is 0 Å². The fraction of sp³-hybridized carbons (Fsp3) is 0.941. The Kier molecular flexibility index (Phi) is 3.10. The average molecular weight is 276 g/mol. The Morgan fingerprint density at radius 3 is 2.25 bits per heavy atom. The van der Waals surface area contributed by atoms with Crippen LogP contribution in [0.2, 0.25) is 0 Å². The fourth-order valence-electron chi connectivity index (χ4n) is 6.01. The highest BCUT2D eigenvalue weighted by Gasteiger charge is 2.51. The lowest BCUT2D eigenvalue weighted by Gasteiger charge is -2.57. The van der Waals surface area contributed by atoms with Gasteiger partial charge >= 0.3 is 0 Å². The van der Waals surface area contributed by atoms with Crippen molar-refractivity contribution in [1.82, 2.24) is 10.2 Å². The first kappa shape index (κ1) is 13.1. The molecule has 0 radical (unpaired) electrons. The topological polar surface area (TPSA) is 32.3 Å². The molecule has 5 fully saturated rings. The van der Waals surface area contributed by atoms with Crippen molar-refractivity contribution in [3.63, 3.8) is 0 Å². The summed E-state index contributed by atoms with van der Waals surface area (Å²) in [5.74, 6) is 3.34. The maximum Gasteiger partial charge on any atom is 0.224 e. The van der Waals surface area contributed by atoms with E-state index in [0.29, 0.717) is 5.91 Å². The lowest BCUT2D eigenvalue weighted by atomic mass is 9.53. The summed E-state index contributed by atoms with van der Waals surface area (Å²) in [6.07, 6.45) is 10.4. The van der Waals surface area contributed by atoms with Gasteiger partial charge in [0.15, 0.2) is 0 Å². The van der Waals surface area contributed by atoms with Gasteiger partial charge in [0.25, 0.3) is 0 Å². The number of hydrogen-bond acceptors (Lipinski definition) is 2. The predicted octanol–water partition coefficient (Wildman–Crippen LogP) is 2.41. The summed E-state index contributed by atoms with van der Waals surface area (Å²) in [6, 6.07) is 0. The van der Waals surface area contributed by atoms with Gasteiger partial charge in [0.05, 0.1) is 5.92 Å². The van der Waals surface area contributed by atoms with E-state index >= 15 is 0 Å². The molecule has 4 bridgehead atoms. The van der Waals surface area contributed by atoms with Gasteiger partial charge in [0.2, 0.25) is 5.91 Å². The monoisotopic (exact) mass is 276 g/mol. The van der Waals surface area contributed by atoms with Gasteiger partial charge in [-0.05, 0) is 82.7 Å². The number of carbonyl (C=O) groups is 1. The van der Waals surface area contributed by atoms with Crippen LogP contribution in [0.4, 0.5) is 0 Å². The van der Waals surface area contributed by atoms with E-state index in [0.717, 1.165) is 37.3 Å². The molecule has 1 saturated heterocycles. The smallest absolute Gasteiger partial charge is 0.224 e. The zero-order valence-electron chi connectivity index (χ0n) is 12.7. The number of hydrogen-bond donors (Lipinski definition) is 1. The van der Waals surface area contributed by atoms with E-state index < -0.39 is 0 Å². The van der Waals surface area contributed by atoms with E-state index in [4.69, 9.17) is 0 Å². The third-order valence-corrected chi connectivity index (χ3v) is 6.42. The molecule has 3 heteroatoms. The molecule has 5 aliphatic rings. The quantitative estimate of drug-likeness (QED) is 0.840. The number of carbonyl (C=O) groups excluding carboxylic acids is 1. The first-order valence-corrected chi connectivity index (χ1v) is 8.62. The van der Waals surface area contributed by atoms with Crippen molar-refractivity contribution in [1.29, 1.82) is 0 Å². The summed E-state index contributed by atoms with van der Waals surface area (Å²) in [6.45, 7) is 2.11. The molecule has 3 nitrogen and oxygen atoms in total. The second kappa shape index (κ2) is 4.72. The summed E-state index contributed by atoms with van der Waals surface area (Å²) < 4.78 is 0. The molecule has 5 rings (SSSR count). The van der Waals surface area contributed by atoms with E-state index in [-0.39, 0.29) is 11.5 Å². The van der Waals surface area contributed by atoms with Gasteiger partial charge in [-0.15, -0.1) is 0 Å². The van der Waals surface area contributed by atoms with Crippen molar-refractivity contribution in [3.8, 4) is 0 Å². The van der Waals surface area contributed by atoms with Gasteiger partial charge in [-0.25, -0.2) is 0 Å². The lowest BCUT2D eigenvalue weighted by Crippen LogP contribution is -2.61. The second-order valence-corrected chi connectivity index (χ2v) is 8.29. The van der Waals surface area contributed by atoms with Crippen molar-refractivity contribution >= 4 is 5.91 Å². The van der Waals surface area contributed by atoms with E-state index in [1.165, 1.54) is 44.9 Å². The van der Waals surface area contributed by atoms with Crippen LogP contribution in [0.1, 0.15) is 51.4 Å². The van der Waals surface area contributed by atoms with Crippen LogP contribution in [-0.2, 0) is 4.79 Å². The molecular weight excluding hydrogens is 248 g/mol. The fourth-order valence-corrected chi connectivity index (χ4v) is 6.01. The summed E-state index contributed by atoms with van der Waals surface area (Å²) in [5.41, 5.74) is 0.196. The third-order valence-electron chi connectivity index (χ3n) is 6.42. The highest BCUT2D eigenvalue weighted by atomic mass is 16.2. The lowest BCUT2D eigenvalue weighted by molar-refractivity contribution is -0.132. The Labute approximate surface area is 122 Å². The van der Waals surface area contributed by atoms with Crippen molar-refractivity contribution in [2.75, 3.05) is 20.1 Å². The Bertz CT molecular complexity index is 371. The predicted molar refractivity (Wildman–Crippen MR) is 79.3 cm³/mol. The average Bonchev–Trinajstić information content (AvgIpc) is 2.36. The Balaban J connectivity index is 1.44. The number of likely N-dealkylation sites (tertiary alicyclic amines) is 1. The molecule has 1 amide bonds. The maximum atomic E-state index is 12.7. The molecule has 0 aromatic rings. The first-order chi connectivity index (χ1) is 9.62. The van der Waals surface area contributed by atoms with E-state index in [2.05, 4.69) is 17.3 Å². The number of nitrogens with one attached hydrogen (secondary N) is 1. The van der Waals surface area contributed by atoms with Gasteiger partial charge < -0.3 is 10.2 Å². The SMILES string of the molecule is CN1CCC[C@H](C(=O)NC23CC4CC(CC(C4)C2)C3)C1. The molecule has 1 aliphatic heterocycles. The Morgan fingerprint density at radius 2 is 1.70 bits per heavy atom. The number of rotatable bonds is 2. The van der Waals surface area contributed by atoms with Crippen LogP contribution in [0.3, 0.4) is 0 Å². The van der Waals surface area contributed by atoms with Crippen LogP contribution in [0.25, 0.3) is 0 Å². The molecule has 1 heterocycles. The molecule has 4 saturated carbocycles. The summed E-state index contributed by atoms with van der Waals surface area (Å²) in [5, 5.41) is 3.55. The highest BCUT2D eigenvalue weighted by Crippen LogP contribution is 2.55. The molecule has 1 atom stereocenters. The summed E-state index contributed by atoms with van der Waals surface area (Å²) in [4.78, 5) is 15.0. The largest absolute Gasteiger partial charge is 0.350 e. The number of amides is 1. The Morgan fingerprint density at radius 1 is 1.10 bits per heavy atom. The molecule has 0 spiro atoms. The van der Waals surface area contributed by atoms with E-state index in [1.807, 2.05) is 0 Å². The highest BCUT2D eigenvalue weighted by molar-refractivity contribution is 5.79. The maximum absolute atomic E-state index is 12.7. The molecule has 112 valence electrons. The molecule has 4 aliphatic carbocycles. The van der Waals surface area contributed by atoms with E-state index in [1.54, 1.807) is 0 Å². The summed E-state index contributed by atoms with van der Waals surface area (Å²) >= 11 is 0. The van der Waals surface area contributed by atoms with Crippen molar-refractivity contribution in [3.05, 3.63) is 0 Å². The van der Waals surface area contributed by atoms with Crippen LogP contribution in [0.15, 0.2) is 0 Å². The minimum absolute atomic E-state index is 0.196. The van der Waals surface area contributed by atoms with Crippen LogP contribution in [0.5, 0.6) is 0 Å². The molecular formula is C17H28N2O. The van der Waals surface area contributed by atoms with Crippen LogP contribution in [-0.4, -0.2) is 36.5 Å². The number of piperidine rings is 1. The second-order valence-electron chi connectivity index (χ2n) is 8.29. The minimum atomic E-state index is 0.196. The normalized spacial score (nSPS) is 47.5. The molecule has 0 aromatic heterocycles. The van der Waals surface area contributed by atoms with Crippen LogP contribution in [0, 0.1) is 23.7 Å². The standard InChI is InChI=1S/C17H28N2O/c1-19-4-2-3-15(11-19)16(20)18-17-8-12-5-13(9-17)7-14(6-12)10-17/h12-15H,2-11H2,1H3,(H,18,20)/t12?,13?,14?,15-,17?/m0/s1. The number of nitrogens with zero attached hydrogens (tertiary/aromatic N) is 1. The van der Waals surface area contributed by atoms with Crippen molar-refractivity contribution in [2.45, 2.75) is 56.9 Å². The first-order valence-electron chi connectivity index (χ1n) is 8.62. The van der Waals surface area contributed by atoms with Gasteiger partial charge in [-0.2, -0.15) is 0 Å². The van der Waals surface area contributed by atoms with Gasteiger partial charge in [-0.3, -0.25) is 4.79 Å². The zero-order valence-corrected chi connectivity index (χ0v) is 12.7. The third kappa shape index (κ3) is 2.28. The minimum Gasteiger partial charge on any atom is -0.350 e. The summed E-state index contributed by atoms with van der Waals surface area (Å²) in [7, 11) is 2.14. The van der Waals surface area contributed by atoms with Gasteiger partial charge in [0, 0.05) is 12.1 Å². The molecule has 0 unspecified atom stereocenters.